The molecule has 1 atom stereocenters. The molecule has 214 valence electrons. The van der Waals surface area contributed by atoms with Crippen LogP contribution in [-0.4, -0.2) is 73.3 Å². The minimum absolute atomic E-state index is 0.0559. The van der Waals surface area contributed by atoms with E-state index in [1.807, 2.05) is 25.6 Å². The monoisotopic (exact) mass is 547 g/mol. The van der Waals surface area contributed by atoms with Gasteiger partial charge in [-0.1, -0.05) is 0 Å². The molecule has 0 aromatic carbocycles. The first-order chi connectivity index (χ1) is 19.2. The van der Waals surface area contributed by atoms with E-state index >= 15 is 0 Å². The summed E-state index contributed by atoms with van der Waals surface area (Å²) in [5.41, 5.74) is 6.91. The molecule has 0 radical (unpaired) electrons. The number of carbonyl (C=O) groups is 1. The summed E-state index contributed by atoms with van der Waals surface area (Å²) in [6, 6.07) is 0. The maximum absolute atomic E-state index is 12.9. The van der Waals surface area contributed by atoms with E-state index in [1.165, 1.54) is 11.3 Å². The number of morpholine rings is 1. The Morgan fingerprint density at radius 3 is 2.58 bits per heavy atom. The van der Waals surface area contributed by atoms with Gasteiger partial charge in [-0.15, -0.1) is 0 Å². The van der Waals surface area contributed by atoms with Crippen molar-refractivity contribution in [3.05, 3.63) is 28.5 Å². The van der Waals surface area contributed by atoms with Gasteiger partial charge in [0, 0.05) is 63.0 Å². The number of rotatable bonds is 5. The third-order valence-corrected chi connectivity index (χ3v) is 10.1. The lowest BCUT2D eigenvalue weighted by molar-refractivity contribution is -0.138. The zero-order valence-corrected chi connectivity index (χ0v) is 24.2. The summed E-state index contributed by atoms with van der Waals surface area (Å²) in [5, 5.41) is 16.4. The molecule has 4 fully saturated rings. The Morgan fingerprint density at radius 2 is 1.85 bits per heavy atom. The number of hydrogen-bond donors (Lipinski definition) is 2. The molecule has 11 nitrogen and oxygen atoms in total. The lowest BCUT2D eigenvalue weighted by Crippen LogP contribution is -2.60. The predicted octanol–water partition coefficient (Wildman–Crippen LogP) is 2.25. The standard InChI is InChI=1S/C29H41N9O2/c1-18-21-16-37(26-25-24(31-20(3)32-26)19(2)34-36(25)4)13-5-22(21)38(35-18)17-28-6-9-29(10-7-28,11-8-28)33-27(39)23-15-30-12-14-40-23/h23,30H,5-17H2,1-4H3,(H,33,39)/t23-,28?,29?/m1/s1. The highest BCUT2D eigenvalue weighted by molar-refractivity contribution is 5.88. The van der Waals surface area contributed by atoms with Crippen molar-refractivity contribution in [3.8, 4) is 0 Å². The fourth-order valence-electron chi connectivity index (χ4n) is 7.70. The largest absolute Gasteiger partial charge is 0.366 e. The van der Waals surface area contributed by atoms with Crippen LogP contribution in [0.4, 0.5) is 5.82 Å². The molecular weight excluding hydrogens is 506 g/mol. The average molecular weight is 548 g/mol. The smallest absolute Gasteiger partial charge is 0.250 e. The molecule has 5 heterocycles. The second-order valence-electron chi connectivity index (χ2n) is 12.7. The first kappa shape index (κ1) is 25.9. The Bertz CT molecular complexity index is 1440. The summed E-state index contributed by atoms with van der Waals surface area (Å²) in [4.78, 5) is 24.8. The molecule has 2 bridgehead atoms. The topological polar surface area (TPSA) is 115 Å². The quantitative estimate of drug-likeness (QED) is 0.500. The summed E-state index contributed by atoms with van der Waals surface area (Å²) in [7, 11) is 1.98. The second-order valence-corrected chi connectivity index (χ2v) is 12.7. The van der Waals surface area contributed by atoms with Gasteiger partial charge in [-0.05, 0) is 64.7 Å². The van der Waals surface area contributed by atoms with E-state index in [1.54, 1.807) is 0 Å². The van der Waals surface area contributed by atoms with E-state index in [9.17, 15) is 4.79 Å². The van der Waals surface area contributed by atoms with Crippen molar-refractivity contribution in [2.45, 2.75) is 90.4 Å². The Labute approximate surface area is 235 Å². The van der Waals surface area contributed by atoms with Crippen LogP contribution >= 0.6 is 0 Å². The molecular formula is C29H41N9O2. The number of anilines is 1. The van der Waals surface area contributed by atoms with E-state index in [4.69, 9.17) is 14.8 Å². The maximum Gasteiger partial charge on any atom is 0.250 e. The van der Waals surface area contributed by atoms with Crippen LogP contribution in [0.1, 0.15) is 67.0 Å². The Morgan fingerprint density at radius 1 is 1.07 bits per heavy atom. The highest BCUT2D eigenvalue weighted by Gasteiger charge is 2.50. The normalized spacial score (nSPS) is 28.2. The zero-order chi connectivity index (χ0) is 27.6. The number of fused-ring (bicyclic) bond motifs is 5. The summed E-state index contributed by atoms with van der Waals surface area (Å²) in [6.07, 6.45) is 7.12. The summed E-state index contributed by atoms with van der Waals surface area (Å²) in [5.74, 6) is 1.80. The van der Waals surface area contributed by atoms with Crippen LogP contribution in [0.25, 0.3) is 11.0 Å². The van der Waals surface area contributed by atoms with Crippen LogP contribution < -0.4 is 15.5 Å². The van der Waals surface area contributed by atoms with E-state index in [0.717, 1.165) is 105 Å². The molecule has 3 saturated carbocycles. The molecule has 3 aromatic heterocycles. The molecule has 1 saturated heterocycles. The van der Waals surface area contributed by atoms with Gasteiger partial charge in [0.25, 0.3) is 5.91 Å². The van der Waals surface area contributed by atoms with Crippen LogP contribution in [0.3, 0.4) is 0 Å². The molecule has 2 aliphatic heterocycles. The maximum atomic E-state index is 12.9. The Hall–Kier alpha value is -3.05. The highest BCUT2D eigenvalue weighted by Crippen LogP contribution is 2.53. The van der Waals surface area contributed by atoms with Gasteiger partial charge >= 0.3 is 0 Å². The minimum Gasteiger partial charge on any atom is -0.366 e. The van der Waals surface area contributed by atoms with E-state index < -0.39 is 0 Å². The van der Waals surface area contributed by atoms with Crippen molar-refractivity contribution in [3.63, 3.8) is 0 Å². The first-order valence-electron chi connectivity index (χ1n) is 14.9. The summed E-state index contributed by atoms with van der Waals surface area (Å²) < 4.78 is 9.95. The first-order valence-corrected chi connectivity index (χ1v) is 14.9. The molecule has 8 rings (SSSR count). The van der Waals surface area contributed by atoms with Crippen molar-refractivity contribution in [1.29, 1.82) is 0 Å². The lowest BCUT2D eigenvalue weighted by atomic mass is 9.57. The number of aromatic nitrogens is 6. The van der Waals surface area contributed by atoms with Crippen LogP contribution in [0.2, 0.25) is 0 Å². The molecule has 0 unspecified atom stereocenters. The van der Waals surface area contributed by atoms with Gasteiger partial charge in [-0.2, -0.15) is 10.2 Å². The van der Waals surface area contributed by atoms with Gasteiger partial charge in [0.2, 0.25) is 0 Å². The van der Waals surface area contributed by atoms with Crippen molar-refractivity contribution in [2.24, 2.45) is 12.5 Å². The van der Waals surface area contributed by atoms with Crippen molar-refractivity contribution in [1.82, 2.24) is 40.2 Å². The van der Waals surface area contributed by atoms with Crippen LogP contribution in [0.15, 0.2) is 0 Å². The lowest BCUT2D eigenvalue weighted by Gasteiger charge is -2.54. The fraction of sp³-hybridized carbons (Fsp3) is 0.690. The average Bonchev–Trinajstić information content (AvgIpc) is 3.43. The van der Waals surface area contributed by atoms with Crippen LogP contribution in [0.5, 0.6) is 0 Å². The Balaban J connectivity index is 1.07. The number of amides is 1. The molecule has 0 spiro atoms. The van der Waals surface area contributed by atoms with Gasteiger partial charge in [0.05, 0.1) is 18.0 Å². The molecule has 2 N–H and O–H groups in total. The van der Waals surface area contributed by atoms with Crippen molar-refractivity contribution in [2.75, 3.05) is 31.1 Å². The van der Waals surface area contributed by atoms with E-state index in [0.29, 0.717) is 13.2 Å². The summed E-state index contributed by atoms with van der Waals surface area (Å²) >= 11 is 0. The predicted molar refractivity (Wildman–Crippen MR) is 151 cm³/mol. The molecule has 1 amide bonds. The number of ether oxygens (including phenoxy) is 1. The van der Waals surface area contributed by atoms with E-state index in [-0.39, 0.29) is 23.0 Å². The molecule has 11 heteroatoms. The third kappa shape index (κ3) is 4.29. The molecule has 3 aromatic rings. The number of nitrogens with zero attached hydrogens (tertiary/aromatic N) is 7. The minimum atomic E-state index is -0.362. The van der Waals surface area contributed by atoms with Crippen LogP contribution in [-0.2, 0) is 36.1 Å². The fourth-order valence-corrected chi connectivity index (χ4v) is 7.70. The molecule has 3 aliphatic carbocycles. The highest BCUT2D eigenvalue weighted by atomic mass is 16.5. The molecule has 5 aliphatic rings. The van der Waals surface area contributed by atoms with Gasteiger partial charge in [-0.25, -0.2) is 9.97 Å². The number of nitrogens with one attached hydrogen (secondary N) is 2. The third-order valence-electron chi connectivity index (χ3n) is 10.1. The molecule has 40 heavy (non-hydrogen) atoms. The zero-order valence-electron chi connectivity index (χ0n) is 24.2. The van der Waals surface area contributed by atoms with Gasteiger partial charge in [-0.3, -0.25) is 14.2 Å². The van der Waals surface area contributed by atoms with Gasteiger partial charge in [0.15, 0.2) is 5.82 Å². The van der Waals surface area contributed by atoms with Crippen LogP contribution in [0, 0.1) is 26.2 Å². The Kier molecular flexibility index (Phi) is 6.16. The van der Waals surface area contributed by atoms with Crippen molar-refractivity contribution >= 4 is 22.8 Å². The van der Waals surface area contributed by atoms with Gasteiger partial charge in [0.1, 0.15) is 23.0 Å². The summed E-state index contributed by atoms with van der Waals surface area (Å²) in [6.45, 7) is 10.8. The number of hydrogen-bond acceptors (Lipinski definition) is 8. The van der Waals surface area contributed by atoms with Gasteiger partial charge < -0.3 is 20.3 Å². The number of carbonyl (C=O) groups excluding carboxylic acids is 1. The SMILES string of the molecule is Cc1nc(N2CCc3c(c(C)nn3CC34CCC(NC(=O)[C@H]5CNCCO5)(CC3)CC4)C2)c2c(n1)c(C)nn2C. The van der Waals surface area contributed by atoms with Crippen molar-refractivity contribution < 1.29 is 9.53 Å². The van der Waals surface area contributed by atoms with E-state index in [2.05, 4.69) is 37.2 Å². The second kappa shape index (κ2) is 9.51. The number of aryl methyl sites for hydroxylation is 4.